The monoisotopic (exact) mass is 446 g/mol. The van der Waals surface area contributed by atoms with Crippen molar-refractivity contribution in [3.8, 4) is 5.75 Å². The lowest BCUT2D eigenvalue weighted by molar-refractivity contribution is 0.0517. The molecular weight excluding hydrogens is 420 g/mol. The van der Waals surface area contributed by atoms with Crippen LogP contribution in [0.1, 0.15) is 40.1 Å². The first kappa shape index (κ1) is 23.5. The molecule has 7 heteroatoms. The smallest absolute Gasteiger partial charge is 0.338 e. The van der Waals surface area contributed by atoms with Gasteiger partial charge in [-0.05, 0) is 74.5 Å². The molecular formula is C26H26N2O5. The van der Waals surface area contributed by atoms with E-state index in [2.05, 4.69) is 0 Å². The van der Waals surface area contributed by atoms with Crippen LogP contribution in [0.5, 0.6) is 5.75 Å². The molecule has 0 heterocycles. The van der Waals surface area contributed by atoms with Crippen LogP contribution in [0.2, 0.25) is 0 Å². The van der Waals surface area contributed by atoms with Gasteiger partial charge in [0.25, 0.3) is 0 Å². The van der Waals surface area contributed by atoms with Crippen LogP contribution in [0, 0.1) is 5.41 Å². The fraction of sp³-hybridized carbons (Fsp3) is 0.192. The summed E-state index contributed by atoms with van der Waals surface area (Å²) in [4.78, 5) is 25.8. The number of ether oxygens (including phenoxy) is 3. The van der Waals surface area contributed by atoms with Gasteiger partial charge in [0.05, 0.1) is 37.0 Å². The van der Waals surface area contributed by atoms with E-state index in [4.69, 9.17) is 19.6 Å². The van der Waals surface area contributed by atoms with Crippen LogP contribution in [0.4, 0.5) is 11.4 Å². The Morgan fingerprint density at radius 1 is 0.758 bits per heavy atom. The fourth-order valence-corrected chi connectivity index (χ4v) is 3.29. The van der Waals surface area contributed by atoms with Gasteiger partial charge in [0.2, 0.25) is 0 Å². The lowest BCUT2D eigenvalue weighted by Crippen LogP contribution is -2.26. The SMILES string of the molecule is CCOC(=O)c1ccc(N(C(=N)c2ccccc2OC)c2ccc(C(=O)OCC)cc2)cc1. The minimum Gasteiger partial charge on any atom is -0.496 e. The second-order valence-electron chi connectivity index (χ2n) is 6.92. The highest BCUT2D eigenvalue weighted by Gasteiger charge is 2.21. The molecule has 0 saturated carbocycles. The van der Waals surface area contributed by atoms with Crippen molar-refractivity contribution >= 4 is 29.1 Å². The van der Waals surface area contributed by atoms with E-state index in [-0.39, 0.29) is 19.0 Å². The minimum absolute atomic E-state index is 0.167. The van der Waals surface area contributed by atoms with E-state index < -0.39 is 11.9 Å². The quantitative estimate of drug-likeness (QED) is 0.290. The van der Waals surface area contributed by atoms with Crippen molar-refractivity contribution < 1.29 is 23.8 Å². The zero-order chi connectivity index (χ0) is 23.8. The summed E-state index contributed by atoms with van der Waals surface area (Å²) in [5.74, 6) is -0.0950. The van der Waals surface area contributed by atoms with E-state index in [1.54, 1.807) is 86.5 Å². The highest BCUT2D eigenvalue weighted by molar-refractivity contribution is 6.14. The molecule has 3 aromatic carbocycles. The van der Waals surface area contributed by atoms with E-state index in [0.29, 0.717) is 33.8 Å². The second-order valence-corrected chi connectivity index (χ2v) is 6.92. The topological polar surface area (TPSA) is 88.9 Å². The molecule has 0 unspecified atom stereocenters. The molecule has 0 aromatic heterocycles. The number of hydrogen-bond acceptors (Lipinski definition) is 6. The Bertz CT molecular complexity index is 1060. The largest absolute Gasteiger partial charge is 0.496 e. The number of anilines is 2. The number of nitrogens with zero attached hydrogens (tertiary/aromatic N) is 1. The minimum atomic E-state index is -0.408. The number of rotatable bonds is 8. The van der Waals surface area contributed by atoms with E-state index in [1.807, 2.05) is 12.1 Å². The molecule has 0 amide bonds. The second kappa shape index (κ2) is 10.9. The Morgan fingerprint density at radius 3 is 1.64 bits per heavy atom. The molecule has 33 heavy (non-hydrogen) atoms. The van der Waals surface area contributed by atoms with Gasteiger partial charge in [0.15, 0.2) is 0 Å². The standard InChI is InChI=1S/C26H26N2O5/c1-4-32-25(29)18-10-14-20(15-11-18)28(24(27)22-8-6-7-9-23(22)31-3)21-16-12-19(13-17-21)26(30)33-5-2/h6-17,27H,4-5H2,1-3H3. The number of carbonyl (C=O) groups is 2. The zero-order valence-corrected chi connectivity index (χ0v) is 18.8. The van der Waals surface area contributed by atoms with E-state index in [9.17, 15) is 9.59 Å². The maximum absolute atomic E-state index is 12.1. The Labute approximate surface area is 193 Å². The Balaban J connectivity index is 2.04. The van der Waals surface area contributed by atoms with Crippen LogP contribution in [0.15, 0.2) is 72.8 Å². The molecule has 0 saturated heterocycles. The van der Waals surface area contributed by atoms with Gasteiger partial charge in [0.1, 0.15) is 11.6 Å². The lowest BCUT2D eigenvalue weighted by Gasteiger charge is -2.27. The van der Waals surface area contributed by atoms with Crippen LogP contribution in [-0.4, -0.2) is 38.1 Å². The molecule has 1 N–H and O–H groups in total. The maximum atomic E-state index is 12.1. The summed E-state index contributed by atoms with van der Waals surface area (Å²) in [6.07, 6.45) is 0. The van der Waals surface area contributed by atoms with Gasteiger partial charge < -0.3 is 14.2 Å². The van der Waals surface area contributed by atoms with Gasteiger partial charge >= 0.3 is 11.9 Å². The number of carbonyl (C=O) groups excluding carboxylic acids is 2. The molecule has 7 nitrogen and oxygen atoms in total. The molecule has 3 aromatic rings. The summed E-state index contributed by atoms with van der Waals surface area (Å²) in [5, 5.41) is 8.98. The molecule has 0 aliphatic rings. The highest BCUT2D eigenvalue weighted by Crippen LogP contribution is 2.31. The van der Waals surface area contributed by atoms with E-state index in [0.717, 1.165) is 0 Å². The Hall–Kier alpha value is -4.13. The molecule has 0 atom stereocenters. The van der Waals surface area contributed by atoms with Crippen LogP contribution in [-0.2, 0) is 9.47 Å². The first-order valence-electron chi connectivity index (χ1n) is 10.6. The maximum Gasteiger partial charge on any atom is 0.338 e. The average molecular weight is 447 g/mol. The Kier molecular flexibility index (Phi) is 7.81. The van der Waals surface area contributed by atoms with E-state index >= 15 is 0 Å². The third-order valence-corrected chi connectivity index (χ3v) is 4.86. The van der Waals surface area contributed by atoms with Gasteiger partial charge in [0, 0.05) is 11.4 Å². The first-order valence-corrected chi connectivity index (χ1v) is 10.6. The number of nitrogens with one attached hydrogen (secondary N) is 1. The summed E-state index contributed by atoms with van der Waals surface area (Å²) in [5.41, 5.74) is 2.73. The third-order valence-electron chi connectivity index (χ3n) is 4.86. The van der Waals surface area contributed by atoms with Crippen LogP contribution in [0.3, 0.4) is 0 Å². The number of benzene rings is 3. The van der Waals surface area contributed by atoms with Crippen molar-refractivity contribution in [2.24, 2.45) is 0 Å². The predicted molar refractivity (Wildman–Crippen MR) is 127 cm³/mol. The molecule has 170 valence electrons. The van der Waals surface area contributed by atoms with E-state index in [1.165, 1.54) is 0 Å². The number of amidine groups is 1. The predicted octanol–water partition coefficient (Wildman–Crippen LogP) is 5.21. The van der Waals surface area contributed by atoms with Crippen LogP contribution in [0.25, 0.3) is 0 Å². The number of para-hydroxylation sites is 1. The van der Waals surface area contributed by atoms with Crippen LogP contribution < -0.4 is 9.64 Å². The summed E-state index contributed by atoms with van der Waals surface area (Å²) in [6.45, 7) is 4.08. The summed E-state index contributed by atoms with van der Waals surface area (Å²) >= 11 is 0. The molecule has 0 spiro atoms. The van der Waals surface area contributed by atoms with Gasteiger partial charge in [-0.2, -0.15) is 0 Å². The molecule has 0 radical (unpaired) electrons. The van der Waals surface area contributed by atoms with Gasteiger partial charge in [-0.3, -0.25) is 10.3 Å². The van der Waals surface area contributed by atoms with Crippen molar-refractivity contribution in [1.82, 2.24) is 0 Å². The summed E-state index contributed by atoms with van der Waals surface area (Å²) in [6, 6.07) is 20.9. The van der Waals surface area contributed by atoms with Gasteiger partial charge in [-0.1, -0.05) is 12.1 Å². The summed E-state index contributed by atoms with van der Waals surface area (Å²) < 4.78 is 15.6. The molecule has 0 aliphatic carbocycles. The van der Waals surface area contributed by atoms with Crippen molar-refractivity contribution in [1.29, 1.82) is 5.41 Å². The van der Waals surface area contributed by atoms with Crippen molar-refractivity contribution in [3.63, 3.8) is 0 Å². The summed E-state index contributed by atoms with van der Waals surface area (Å²) in [7, 11) is 1.55. The number of hydrogen-bond donors (Lipinski definition) is 1. The van der Waals surface area contributed by atoms with Gasteiger partial charge in [-0.15, -0.1) is 0 Å². The number of methoxy groups -OCH3 is 1. The Morgan fingerprint density at radius 2 is 1.21 bits per heavy atom. The average Bonchev–Trinajstić information content (AvgIpc) is 2.85. The van der Waals surface area contributed by atoms with Gasteiger partial charge in [-0.25, -0.2) is 9.59 Å². The molecule has 3 rings (SSSR count). The molecule has 0 bridgehead atoms. The molecule has 0 aliphatic heterocycles. The van der Waals surface area contributed by atoms with Crippen molar-refractivity contribution in [3.05, 3.63) is 89.5 Å². The number of esters is 2. The van der Waals surface area contributed by atoms with Crippen molar-refractivity contribution in [2.45, 2.75) is 13.8 Å². The first-order chi connectivity index (χ1) is 16.0. The lowest BCUT2D eigenvalue weighted by atomic mass is 10.1. The molecule has 0 fully saturated rings. The normalized spacial score (nSPS) is 10.3. The fourth-order valence-electron chi connectivity index (χ4n) is 3.29. The third kappa shape index (κ3) is 5.38. The zero-order valence-electron chi connectivity index (χ0n) is 18.8. The van der Waals surface area contributed by atoms with Crippen molar-refractivity contribution in [2.75, 3.05) is 25.2 Å². The van der Waals surface area contributed by atoms with Crippen LogP contribution >= 0.6 is 0 Å². The highest BCUT2D eigenvalue weighted by atomic mass is 16.5.